The summed E-state index contributed by atoms with van der Waals surface area (Å²) in [5, 5.41) is 2.55. The molecule has 0 bridgehead atoms. The second-order valence-electron chi connectivity index (χ2n) is 2.37. The number of nitrogens with one attached hydrogen (secondary N) is 1. The quantitative estimate of drug-likeness (QED) is 0.793. The average molecular weight is 229 g/mol. The van der Waals surface area contributed by atoms with Gasteiger partial charge in [0.05, 0.1) is 11.3 Å². The zero-order valence-corrected chi connectivity index (χ0v) is 8.47. The van der Waals surface area contributed by atoms with Gasteiger partial charge in [0.15, 0.2) is 0 Å². The van der Waals surface area contributed by atoms with Crippen LogP contribution in [-0.4, -0.2) is 17.9 Å². The van der Waals surface area contributed by atoms with Gasteiger partial charge in [0.25, 0.3) is 5.91 Å². The Kier molecular flexibility index (Phi) is 2.81. The van der Waals surface area contributed by atoms with E-state index in [1.807, 2.05) is 0 Å². The first-order chi connectivity index (χ1) is 5.65. The predicted molar refractivity (Wildman–Crippen MR) is 50.1 cm³/mol. The number of carbonyl (C=O) groups is 1. The van der Waals surface area contributed by atoms with E-state index in [4.69, 9.17) is 0 Å². The molecule has 0 saturated carbocycles. The highest BCUT2D eigenvalue weighted by Gasteiger charge is 2.07. The van der Waals surface area contributed by atoms with Crippen LogP contribution < -0.4 is 5.32 Å². The third-order valence-corrected chi connectivity index (χ3v) is 1.96. The zero-order chi connectivity index (χ0) is 9.14. The van der Waals surface area contributed by atoms with Gasteiger partial charge < -0.3 is 5.32 Å². The van der Waals surface area contributed by atoms with Crippen molar-refractivity contribution in [2.45, 2.75) is 6.92 Å². The summed E-state index contributed by atoms with van der Waals surface area (Å²) in [6.07, 6.45) is 1.67. The van der Waals surface area contributed by atoms with E-state index in [1.54, 1.807) is 26.2 Å². The van der Waals surface area contributed by atoms with E-state index in [0.29, 0.717) is 5.56 Å². The number of nitrogens with zero attached hydrogens (tertiary/aromatic N) is 1. The fraction of sp³-hybridized carbons (Fsp3) is 0.250. The minimum absolute atomic E-state index is 0.110. The van der Waals surface area contributed by atoms with Crippen molar-refractivity contribution in [2.24, 2.45) is 0 Å². The van der Waals surface area contributed by atoms with E-state index in [0.717, 1.165) is 10.2 Å². The molecule has 0 aliphatic heterocycles. The largest absolute Gasteiger partial charge is 0.355 e. The topological polar surface area (TPSA) is 42.0 Å². The lowest BCUT2D eigenvalue weighted by atomic mass is 10.2. The second kappa shape index (κ2) is 3.67. The van der Waals surface area contributed by atoms with Crippen LogP contribution in [0.5, 0.6) is 0 Å². The molecule has 0 atom stereocenters. The summed E-state index contributed by atoms with van der Waals surface area (Å²) in [6, 6.07) is 1.75. The minimum atomic E-state index is -0.110. The van der Waals surface area contributed by atoms with E-state index in [2.05, 4.69) is 26.2 Å². The van der Waals surface area contributed by atoms with Crippen LogP contribution in [0.2, 0.25) is 0 Å². The first-order valence-electron chi connectivity index (χ1n) is 3.49. The van der Waals surface area contributed by atoms with Crippen LogP contribution in [0.4, 0.5) is 0 Å². The fourth-order valence-electron chi connectivity index (χ4n) is 0.872. The lowest BCUT2D eigenvalue weighted by Crippen LogP contribution is -2.19. The predicted octanol–water partition coefficient (Wildman–Crippen LogP) is 1.51. The summed E-state index contributed by atoms with van der Waals surface area (Å²) in [6.45, 7) is 1.80. The summed E-state index contributed by atoms with van der Waals surface area (Å²) in [5.74, 6) is -0.110. The molecule has 0 radical (unpaired) electrons. The Bertz CT molecular complexity index is 312. The lowest BCUT2D eigenvalue weighted by Gasteiger charge is -2.02. The Hall–Kier alpha value is -0.900. The molecule has 0 aliphatic carbocycles. The van der Waals surface area contributed by atoms with Gasteiger partial charge >= 0.3 is 0 Å². The highest BCUT2D eigenvalue weighted by Crippen LogP contribution is 2.12. The average Bonchev–Trinajstić information content (AvgIpc) is 2.08. The molecule has 64 valence electrons. The molecule has 0 fully saturated rings. The molecule has 3 nitrogen and oxygen atoms in total. The number of hydrogen-bond acceptors (Lipinski definition) is 2. The lowest BCUT2D eigenvalue weighted by molar-refractivity contribution is 0.0962. The van der Waals surface area contributed by atoms with Crippen LogP contribution in [0.3, 0.4) is 0 Å². The van der Waals surface area contributed by atoms with Gasteiger partial charge in [-0.05, 0) is 28.9 Å². The zero-order valence-electron chi connectivity index (χ0n) is 6.89. The van der Waals surface area contributed by atoms with E-state index in [-0.39, 0.29) is 5.91 Å². The third kappa shape index (κ3) is 1.82. The smallest absolute Gasteiger partial charge is 0.252 e. The molecule has 0 unspecified atom stereocenters. The Labute approximate surface area is 79.3 Å². The molecule has 0 spiro atoms. The summed E-state index contributed by atoms with van der Waals surface area (Å²) in [5.41, 5.74) is 1.34. The van der Waals surface area contributed by atoms with Crippen molar-refractivity contribution in [1.29, 1.82) is 0 Å². The molecule has 0 aliphatic rings. The Balaban J connectivity index is 3.13. The second-order valence-corrected chi connectivity index (χ2v) is 3.28. The molecule has 0 aromatic carbocycles. The summed E-state index contributed by atoms with van der Waals surface area (Å²) in [7, 11) is 1.60. The fourth-order valence-corrected chi connectivity index (χ4v) is 1.20. The van der Waals surface area contributed by atoms with Crippen LogP contribution in [0.25, 0.3) is 0 Å². The maximum absolute atomic E-state index is 11.2. The number of carbonyl (C=O) groups excluding carboxylic acids is 1. The first kappa shape index (κ1) is 9.19. The maximum atomic E-state index is 11.2. The van der Waals surface area contributed by atoms with Gasteiger partial charge in [-0.1, -0.05) is 0 Å². The van der Waals surface area contributed by atoms with Gasteiger partial charge in [-0.3, -0.25) is 9.78 Å². The summed E-state index contributed by atoms with van der Waals surface area (Å²) in [4.78, 5) is 15.3. The summed E-state index contributed by atoms with van der Waals surface area (Å²) < 4.78 is 0.812. The number of pyridine rings is 1. The van der Waals surface area contributed by atoms with Gasteiger partial charge in [0.2, 0.25) is 0 Å². The van der Waals surface area contributed by atoms with Crippen molar-refractivity contribution in [3.05, 3.63) is 28.0 Å². The third-order valence-electron chi connectivity index (χ3n) is 1.53. The van der Waals surface area contributed by atoms with Gasteiger partial charge in [0, 0.05) is 17.7 Å². The molecular formula is C8H9BrN2O. The Morgan fingerprint density at radius 2 is 2.33 bits per heavy atom. The Morgan fingerprint density at radius 1 is 1.67 bits per heavy atom. The molecule has 1 rings (SSSR count). The molecule has 1 aromatic rings. The van der Waals surface area contributed by atoms with Gasteiger partial charge in [-0.2, -0.15) is 0 Å². The van der Waals surface area contributed by atoms with Gasteiger partial charge in [-0.15, -0.1) is 0 Å². The van der Waals surface area contributed by atoms with Crippen LogP contribution in [0.1, 0.15) is 16.1 Å². The van der Waals surface area contributed by atoms with Crippen molar-refractivity contribution >= 4 is 21.8 Å². The number of amides is 1. The van der Waals surface area contributed by atoms with Crippen molar-refractivity contribution in [3.63, 3.8) is 0 Å². The van der Waals surface area contributed by atoms with Crippen LogP contribution in [0.15, 0.2) is 16.7 Å². The van der Waals surface area contributed by atoms with E-state index >= 15 is 0 Å². The molecule has 12 heavy (non-hydrogen) atoms. The number of aromatic nitrogens is 1. The van der Waals surface area contributed by atoms with Crippen LogP contribution in [0, 0.1) is 6.92 Å². The van der Waals surface area contributed by atoms with Crippen molar-refractivity contribution in [2.75, 3.05) is 7.05 Å². The van der Waals surface area contributed by atoms with E-state index < -0.39 is 0 Å². The van der Waals surface area contributed by atoms with Crippen molar-refractivity contribution in [3.8, 4) is 0 Å². The first-order valence-corrected chi connectivity index (χ1v) is 4.28. The molecular weight excluding hydrogens is 220 g/mol. The number of aryl methyl sites for hydroxylation is 1. The maximum Gasteiger partial charge on any atom is 0.252 e. The number of rotatable bonds is 1. The molecule has 1 heterocycles. The van der Waals surface area contributed by atoms with Gasteiger partial charge in [0.1, 0.15) is 0 Å². The standard InChI is InChI=1S/C8H9BrN2O/c1-5-7(8(12)10-2)3-6(9)4-11-5/h3-4H,1-2H3,(H,10,12). The SMILES string of the molecule is CNC(=O)c1cc(Br)cnc1C. The highest BCUT2D eigenvalue weighted by atomic mass is 79.9. The van der Waals surface area contributed by atoms with Gasteiger partial charge in [-0.25, -0.2) is 0 Å². The van der Waals surface area contributed by atoms with Crippen molar-refractivity contribution < 1.29 is 4.79 Å². The highest BCUT2D eigenvalue weighted by molar-refractivity contribution is 9.10. The van der Waals surface area contributed by atoms with Crippen LogP contribution >= 0.6 is 15.9 Å². The molecule has 0 saturated heterocycles. The van der Waals surface area contributed by atoms with Crippen LogP contribution in [-0.2, 0) is 0 Å². The van der Waals surface area contributed by atoms with E-state index in [9.17, 15) is 4.79 Å². The number of hydrogen-bond donors (Lipinski definition) is 1. The van der Waals surface area contributed by atoms with E-state index in [1.165, 1.54) is 0 Å². The monoisotopic (exact) mass is 228 g/mol. The molecule has 1 amide bonds. The molecule has 1 aromatic heterocycles. The minimum Gasteiger partial charge on any atom is -0.355 e. The molecule has 4 heteroatoms. The normalized spacial score (nSPS) is 9.58. The van der Waals surface area contributed by atoms with Crippen molar-refractivity contribution in [1.82, 2.24) is 10.3 Å². The number of halogens is 1. The Morgan fingerprint density at radius 3 is 2.92 bits per heavy atom. The molecule has 1 N–H and O–H groups in total. The summed E-state index contributed by atoms with van der Waals surface area (Å²) >= 11 is 3.25.